The van der Waals surface area contributed by atoms with Crippen molar-refractivity contribution in [3.8, 4) is 11.5 Å². The molecule has 2 aromatic rings. The lowest BCUT2D eigenvalue weighted by Gasteiger charge is -2.52. The standard InChI is InChI=1S/C29H36FNO3/c1-3-22(20-30)21-34-25-9-7-24(8-10-25)28-12-15-29(16-13-28,17-14-28)27(32)31-18-11-23-5-4-6-26(19-23)33-2/h4-10,19-20H,3,11-18,21H2,1-2H3,(H,31,32)/b22-20+. The second kappa shape index (κ2) is 10.6. The Bertz CT molecular complexity index is 990. The molecule has 5 rings (SSSR count). The Kier molecular flexibility index (Phi) is 7.60. The maximum Gasteiger partial charge on any atom is 0.226 e. The fourth-order valence-corrected chi connectivity index (χ4v) is 5.59. The van der Waals surface area contributed by atoms with Crippen LogP contribution in [-0.2, 0) is 16.6 Å². The molecule has 0 aromatic heterocycles. The van der Waals surface area contributed by atoms with Gasteiger partial charge in [0, 0.05) is 12.0 Å². The molecule has 0 heterocycles. The highest BCUT2D eigenvalue weighted by molar-refractivity contribution is 5.83. The van der Waals surface area contributed by atoms with Crippen LogP contribution in [0.2, 0.25) is 0 Å². The molecule has 3 saturated carbocycles. The highest BCUT2D eigenvalue weighted by Crippen LogP contribution is 2.57. The summed E-state index contributed by atoms with van der Waals surface area (Å²) < 4.78 is 23.8. The van der Waals surface area contributed by atoms with Crippen molar-refractivity contribution in [2.45, 2.75) is 63.7 Å². The number of nitrogens with one attached hydrogen (secondary N) is 1. The molecule has 0 unspecified atom stereocenters. The molecule has 5 heteroatoms. The topological polar surface area (TPSA) is 47.6 Å². The molecule has 0 saturated heterocycles. The normalized spacial score (nSPS) is 24.0. The van der Waals surface area contributed by atoms with Crippen LogP contribution in [0.25, 0.3) is 0 Å². The van der Waals surface area contributed by atoms with Crippen molar-refractivity contribution in [2.75, 3.05) is 20.3 Å². The summed E-state index contributed by atoms with van der Waals surface area (Å²) in [6.07, 6.45) is 8.04. The largest absolute Gasteiger partial charge is 0.497 e. The average Bonchev–Trinajstić information content (AvgIpc) is 2.90. The van der Waals surface area contributed by atoms with Crippen LogP contribution in [0.15, 0.2) is 60.4 Å². The third kappa shape index (κ3) is 5.13. The van der Waals surface area contributed by atoms with E-state index in [-0.39, 0.29) is 23.3 Å². The number of ether oxygens (including phenoxy) is 2. The van der Waals surface area contributed by atoms with Crippen LogP contribution < -0.4 is 14.8 Å². The predicted octanol–water partition coefficient (Wildman–Crippen LogP) is 6.29. The average molecular weight is 466 g/mol. The lowest BCUT2D eigenvalue weighted by atomic mass is 9.51. The highest BCUT2D eigenvalue weighted by atomic mass is 19.1. The van der Waals surface area contributed by atoms with Gasteiger partial charge in [-0.05, 0) is 97.7 Å². The quantitative estimate of drug-likeness (QED) is 0.449. The number of rotatable bonds is 10. The van der Waals surface area contributed by atoms with Gasteiger partial charge in [-0.15, -0.1) is 0 Å². The molecule has 182 valence electrons. The van der Waals surface area contributed by atoms with Crippen molar-refractivity contribution in [2.24, 2.45) is 5.41 Å². The van der Waals surface area contributed by atoms with E-state index >= 15 is 0 Å². The fourth-order valence-electron chi connectivity index (χ4n) is 5.59. The minimum Gasteiger partial charge on any atom is -0.497 e. The van der Waals surface area contributed by atoms with Crippen LogP contribution in [0.5, 0.6) is 11.5 Å². The zero-order valence-corrected chi connectivity index (χ0v) is 20.4. The lowest BCUT2D eigenvalue weighted by molar-refractivity contribution is -0.137. The van der Waals surface area contributed by atoms with E-state index in [4.69, 9.17) is 9.47 Å². The smallest absolute Gasteiger partial charge is 0.226 e. The maximum atomic E-state index is 13.2. The molecule has 2 aromatic carbocycles. The van der Waals surface area contributed by atoms with Crippen LogP contribution in [0.1, 0.15) is 63.0 Å². The first kappa shape index (κ1) is 24.3. The van der Waals surface area contributed by atoms with Gasteiger partial charge in [0.2, 0.25) is 5.91 Å². The Labute approximate surface area is 202 Å². The summed E-state index contributed by atoms with van der Waals surface area (Å²) in [7, 11) is 1.67. The molecular weight excluding hydrogens is 429 g/mol. The van der Waals surface area contributed by atoms with Crippen molar-refractivity contribution in [3.63, 3.8) is 0 Å². The predicted molar refractivity (Wildman–Crippen MR) is 133 cm³/mol. The first-order valence-corrected chi connectivity index (χ1v) is 12.5. The van der Waals surface area contributed by atoms with Crippen molar-refractivity contribution in [1.29, 1.82) is 0 Å². The number of hydrogen-bond acceptors (Lipinski definition) is 3. The van der Waals surface area contributed by atoms with Gasteiger partial charge in [0.05, 0.1) is 13.4 Å². The Morgan fingerprint density at radius 3 is 2.35 bits per heavy atom. The van der Waals surface area contributed by atoms with E-state index in [9.17, 15) is 9.18 Å². The summed E-state index contributed by atoms with van der Waals surface area (Å²) in [6.45, 7) is 2.86. The van der Waals surface area contributed by atoms with Crippen LogP contribution in [0.4, 0.5) is 4.39 Å². The second-order valence-electron chi connectivity index (χ2n) is 9.85. The number of carbonyl (C=O) groups excluding carboxylic acids is 1. The number of fused-ring (bicyclic) bond motifs is 3. The summed E-state index contributed by atoms with van der Waals surface area (Å²) in [4.78, 5) is 13.2. The van der Waals surface area contributed by atoms with Gasteiger partial charge in [-0.3, -0.25) is 4.79 Å². The Morgan fingerprint density at radius 1 is 1.03 bits per heavy atom. The molecule has 1 N–H and O–H groups in total. The monoisotopic (exact) mass is 465 g/mol. The molecular formula is C29H36FNO3. The summed E-state index contributed by atoms with van der Waals surface area (Å²) in [5.74, 6) is 1.84. The summed E-state index contributed by atoms with van der Waals surface area (Å²) >= 11 is 0. The molecule has 3 aliphatic carbocycles. The van der Waals surface area contributed by atoms with Crippen molar-refractivity contribution in [3.05, 3.63) is 71.6 Å². The summed E-state index contributed by atoms with van der Waals surface area (Å²) in [5.41, 5.74) is 3.11. The van der Waals surface area contributed by atoms with Gasteiger partial charge in [0.15, 0.2) is 0 Å². The molecule has 3 fully saturated rings. The number of methoxy groups -OCH3 is 1. The van der Waals surface area contributed by atoms with Gasteiger partial charge in [-0.2, -0.15) is 0 Å². The maximum absolute atomic E-state index is 13.2. The van der Waals surface area contributed by atoms with E-state index in [0.717, 1.165) is 56.4 Å². The summed E-state index contributed by atoms with van der Waals surface area (Å²) in [5, 5.41) is 3.22. The van der Waals surface area contributed by atoms with Crippen LogP contribution >= 0.6 is 0 Å². The first-order valence-electron chi connectivity index (χ1n) is 12.5. The third-order valence-electron chi connectivity index (χ3n) is 8.06. The van der Waals surface area contributed by atoms with E-state index in [0.29, 0.717) is 24.9 Å². The zero-order chi connectivity index (χ0) is 24.0. The van der Waals surface area contributed by atoms with Crippen LogP contribution in [-0.4, -0.2) is 26.2 Å². The van der Waals surface area contributed by atoms with Gasteiger partial charge in [-0.1, -0.05) is 31.2 Å². The van der Waals surface area contributed by atoms with Crippen molar-refractivity contribution >= 4 is 5.91 Å². The molecule has 3 aliphatic rings. The molecule has 34 heavy (non-hydrogen) atoms. The van der Waals surface area contributed by atoms with Crippen LogP contribution in [0.3, 0.4) is 0 Å². The molecule has 0 radical (unpaired) electrons. The highest BCUT2D eigenvalue weighted by Gasteiger charge is 2.52. The minimum atomic E-state index is -0.214. The van der Waals surface area contributed by atoms with Gasteiger partial charge in [-0.25, -0.2) is 4.39 Å². The molecule has 0 atom stereocenters. The molecule has 2 bridgehead atoms. The van der Waals surface area contributed by atoms with Crippen molar-refractivity contribution in [1.82, 2.24) is 5.32 Å². The van der Waals surface area contributed by atoms with Gasteiger partial charge < -0.3 is 14.8 Å². The van der Waals surface area contributed by atoms with E-state index in [2.05, 4.69) is 23.5 Å². The number of hydrogen-bond donors (Lipinski definition) is 1. The Morgan fingerprint density at radius 2 is 1.74 bits per heavy atom. The minimum absolute atomic E-state index is 0.161. The molecule has 1 amide bonds. The molecule has 0 aliphatic heterocycles. The number of halogens is 1. The van der Waals surface area contributed by atoms with Crippen molar-refractivity contribution < 1.29 is 18.7 Å². The first-order chi connectivity index (χ1) is 16.5. The van der Waals surface area contributed by atoms with E-state index in [1.54, 1.807) is 7.11 Å². The SMILES string of the molecule is CC/C(=C\F)COc1ccc(C23CCC(C(=O)NCCc4cccc(OC)c4)(CC2)CC3)cc1. The fraction of sp³-hybridized carbons (Fsp3) is 0.483. The third-order valence-corrected chi connectivity index (χ3v) is 8.06. The van der Waals surface area contributed by atoms with Gasteiger partial charge in [0.1, 0.15) is 18.1 Å². The van der Waals surface area contributed by atoms with Crippen LogP contribution in [0, 0.1) is 5.41 Å². The lowest BCUT2D eigenvalue weighted by Crippen LogP contribution is -2.51. The van der Waals surface area contributed by atoms with E-state index in [1.807, 2.05) is 37.3 Å². The van der Waals surface area contributed by atoms with E-state index < -0.39 is 0 Å². The number of carbonyl (C=O) groups is 1. The van der Waals surface area contributed by atoms with E-state index in [1.165, 1.54) is 11.1 Å². The molecule has 0 spiro atoms. The second-order valence-corrected chi connectivity index (χ2v) is 9.85. The Balaban J connectivity index is 1.30. The number of benzene rings is 2. The number of amides is 1. The summed E-state index contributed by atoms with van der Waals surface area (Å²) in [6, 6.07) is 16.3. The Hall–Kier alpha value is -2.82. The zero-order valence-electron chi connectivity index (χ0n) is 20.4. The molecule has 4 nitrogen and oxygen atoms in total. The van der Waals surface area contributed by atoms with Gasteiger partial charge in [0.25, 0.3) is 0 Å². The van der Waals surface area contributed by atoms with Gasteiger partial charge >= 0.3 is 0 Å².